The fourth-order valence-electron chi connectivity index (χ4n) is 3.65. The molecule has 3 aliphatic rings. The molecule has 2 fully saturated rings. The molecule has 2 heterocycles. The standard InChI is InChI=1S/C19H25N3O4/c23-15-11-13(6-4-5-12-9-10-12)16-17(24)20-19(21-18(16)25-15)26-22-14-7-2-1-3-8-14/h11-12,19,21H,1-10H2,(H,20,24). The molecule has 0 bridgehead atoms. The molecule has 140 valence electrons. The molecular weight excluding hydrogens is 334 g/mol. The summed E-state index contributed by atoms with van der Waals surface area (Å²) in [6.07, 6.45) is 9.92. The lowest BCUT2D eigenvalue weighted by Gasteiger charge is -2.26. The number of anilines is 1. The van der Waals surface area contributed by atoms with Gasteiger partial charge in [0.25, 0.3) is 12.3 Å². The molecule has 2 aliphatic carbocycles. The zero-order chi connectivity index (χ0) is 17.9. The Bertz CT molecular complexity index is 759. The molecule has 0 aromatic carbocycles. The summed E-state index contributed by atoms with van der Waals surface area (Å²) >= 11 is 0. The van der Waals surface area contributed by atoms with Gasteiger partial charge >= 0.3 is 5.63 Å². The van der Waals surface area contributed by atoms with Crippen LogP contribution in [0, 0.1) is 5.92 Å². The molecule has 2 N–H and O–H groups in total. The Morgan fingerprint density at radius 2 is 1.96 bits per heavy atom. The third kappa shape index (κ3) is 4.08. The molecule has 2 saturated carbocycles. The molecule has 7 nitrogen and oxygen atoms in total. The molecule has 1 aliphatic heterocycles. The third-order valence-corrected chi connectivity index (χ3v) is 5.27. The van der Waals surface area contributed by atoms with Gasteiger partial charge in [0.1, 0.15) is 5.56 Å². The summed E-state index contributed by atoms with van der Waals surface area (Å²) in [6.45, 7) is 0. The van der Waals surface area contributed by atoms with Crippen LogP contribution in [0.4, 0.5) is 5.88 Å². The molecule has 26 heavy (non-hydrogen) atoms. The van der Waals surface area contributed by atoms with Gasteiger partial charge in [0.05, 0.1) is 5.71 Å². The monoisotopic (exact) mass is 359 g/mol. The normalized spacial score (nSPS) is 22.2. The predicted molar refractivity (Wildman–Crippen MR) is 97.1 cm³/mol. The summed E-state index contributed by atoms with van der Waals surface area (Å²) < 4.78 is 5.22. The maximum Gasteiger partial charge on any atom is 0.337 e. The van der Waals surface area contributed by atoms with Gasteiger partial charge in [-0.2, -0.15) is 0 Å². The van der Waals surface area contributed by atoms with E-state index in [-0.39, 0.29) is 11.8 Å². The van der Waals surface area contributed by atoms with Crippen LogP contribution in [0.3, 0.4) is 0 Å². The van der Waals surface area contributed by atoms with E-state index in [4.69, 9.17) is 9.25 Å². The number of carbonyl (C=O) groups is 1. The minimum atomic E-state index is -0.825. The van der Waals surface area contributed by atoms with Gasteiger partial charge in [-0.3, -0.25) is 10.1 Å². The van der Waals surface area contributed by atoms with Crippen LogP contribution in [0.25, 0.3) is 0 Å². The number of hydrogen-bond donors (Lipinski definition) is 2. The Morgan fingerprint density at radius 1 is 1.15 bits per heavy atom. The first-order valence-electron chi connectivity index (χ1n) is 9.65. The number of nitrogens with one attached hydrogen (secondary N) is 2. The second kappa shape index (κ2) is 7.51. The summed E-state index contributed by atoms with van der Waals surface area (Å²) in [4.78, 5) is 29.9. The molecule has 0 radical (unpaired) electrons. The zero-order valence-corrected chi connectivity index (χ0v) is 14.9. The van der Waals surface area contributed by atoms with Crippen molar-refractivity contribution in [3.05, 3.63) is 27.6 Å². The van der Waals surface area contributed by atoms with Gasteiger partial charge in [-0.25, -0.2) is 4.79 Å². The highest BCUT2D eigenvalue weighted by atomic mass is 16.7. The summed E-state index contributed by atoms with van der Waals surface area (Å²) in [6, 6.07) is 1.43. The van der Waals surface area contributed by atoms with E-state index in [1.54, 1.807) is 0 Å². The highest BCUT2D eigenvalue weighted by Gasteiger charge is 2.30. The number of aryl methyl sites for hydroxylation is 1. The van der Waals surface area contributed by atoms with Crippen molar-refractivity contribution < 1.29 is 14.0 Å². The molecule has 7 heteroatoms. The maximum atomic E-state index is 12.5. The summed E-state index contributed by atoms with van der Waals surface area (Å²) in [5.41, 5.74) is 1.70. The topological polar surface area (TPSA) is 92.9 Å². The van der Waals surface area contributed by atoms with E-state index < -0.39 is 12.0 Å². The number of nitrogens with zero attached hydrogens (tertiary/aromatic N) is 1. The maximum absolute atomic E-state index is 12.5. The van der Waals surface area contributed by atoms with Gasteiger partial charge in [0.2, 0.25) is 5.88 Å². The molecular formula is C19H25N3O4. The Hall–Kier alpha value is -2.31. The van der Waals surface area contributed by atoms with Crippen LogP contribution < -0.4 is 16.3 Å². The third-order valence-electron chi connectivity index (χ3n) is 5.27. The van der Waals surface area contributed by atoms with Gasteiger partial charge in [-0.05, 0) is 50.0 Å². The first kappa shape index (κ1) is 17.1. The molecule has 1 amide bonds. The number of hydrogen-bond acceptors (Lipinski definition) is 6. The van der Waals surface area contributed by atoms with Crippen LogP contribution in [0.5, 0.6) is 0 Å². The summed E-state index contributed by atoms with van der Waals surface area (Å²) in [5.74, 6) is 0.712. The van der Waals surface area contributed by atoms with Crippen LogP contribution in [-0.4, -0.2) is 18.0 Å². The molecule has 1 aromatic rings. The summed E-state index contributed by atoms with van der Waals surface area (Å²) in [5, 5.41) is 9.83. The van der Waals surface area contributed by atoms with Crippen molar-refractivity contribution in [3.63, 3.8) is 0 Å². The van der Waals surface area contributed by atoms with Crippen molar-refractivity contribution in [2.75, 3.05) is 5.32 Å². The first-order chi connectivity index (χ1) is 12.7. The fourth-order valence-corrected chi connectivity index (χ4v) is 3.65. The van der Waals surface area contributed by atoms with Crippen molar-refractivity contribution in [1.82, 2.24) is 5.32 Å². The SMILES string of the molecule is O=C1NC(ON=C2CCCCC2)Nc2oc(=O)cc(CCCC3CC3)c21. The quantitative estimate of drug-likeness (QED) is 0.761. The average molecular weight is 359 g/mol. The lowest BCUT2D eigenvalue weighted by Crippen LogP contribution is -2.47. The minimum Gasteiger partial charge on any atom is -0.406 e. The van der Waals surface area contributed by atoms with E-state index in [2.05, 4.69) is 15.8 Å². The first-order valence-corrected chi connectivity index (χ1v) is 9.65. The van der Waals surface area contributed by atoms with Gasteiger partial charge in [0, 0.05) is 6.07 Å². The molecule has 0 saturated heterocycles. The second-order valence-corrected chi connectivity index (χ2v) is 7.45. The minimum absolute atomic E-state index is 0.177. The van der Waals surface area contributed by atoms with E-state index in [0.29, 0.717) is 12.0 Å². The van der Waals surface area contributed by atoms with Crippen LogP contribution in [-0.2, 0) is 11.3 Å². The van der Waals surface area contributed by atoms with Gasteiger partial charge < -0.3 is 14.6 Å². The Morgan fingerprint density at radius 3 is 2.73 bits per heavy atom. The van der Waals surface area contributed by atoms with Crippen molar-refractivity contribution in [3.8, 4) is 0 Å². The van der Waals surface area contributed by atoms with E-state index in [1.807, 2.05) is 0 Å². The second-order valence-electron chi connectivity index (χ2n) is 7.45. The van der Waals surface area contributed by atoms with Crippen LogP contribution in [0.15, 0.2) is 20.4 Å². The Kier molecular flexibility index (Phi) is 4.95. The fraction of sp³-hybridized carbons (Fsp3) is 0.632. The highest BCUT2D eigenvalue weighted by Crippen LogP contribution is 2.34. The largest absolute Gasteiger partial charge is 0.406 e. The predicted octanol–water partition coefficient (Wildman–Crippen LogP) is 3.15. The highest BCUT2D eigenvalue weighted by molar-refractivity contribution is 6.01. The lowest BCUT2D eigenvalue weighted by molar-refractivity contribution is 0.0413. The Balaban J connectivity index is 1.45. The molecule has 4 rings (SSSR count). The lowest BCUT2D eigenvalue weighted by atomic mass is 9.99. The van der Waals surface area contributed by atoms with E-state index in [1.165, 1.54) is 25.3 Å². The number of oxime groups is 1. The number of fused-ring (bicyclic) bond motifs is 1. The van der Waals surface area contributed by atoms with E-state index >= 15 is 0 Å². The average Bonchev–Trinajstić information content (AvgIpc) is 3.44. The van der Waals surface area contributed by atoms with Crippen molar-refractivity contribution in [2.45, 2.75) is 70.6 Å². The smallest absolute Gasteiger partial charge is 0.337 e. The van der Waals surface area contributed by atoms with Gasteiger partial charge in [0.15, 0.2) is 0 Å². The van der Waals surface area contributed by atoms with Crippen molar-refractivity contribution >= 4 is 17.5 Å². The van der Waals surface area contributed by atoms with Crippen molar-refractivity contribution in [2.24, 2.45) is 11.1 Å². The zero-order valence-electron chi connectivity index (χ0n) is 14.9. The molecule has 0 spiro atoms. The van der Waals surface area contributed by atoms with E-state index in [0.717, 1.165) is 55.7 Å². The Labute approximate surface area is 152 Å². The molecule has 1 unspecified atom stereocenters. The number of carbonyl (C=O) groups excluding carboxylic acids is 1. The van der Waals surface area contributed by atoms with Gasteiger partial charge in [-0.1, -0.05) is 30.8 Å². The summed E-state index contributed by atoms with van der Waals surface area (Å²) in [7, 11) is 0. The number of rotatable bonds is 6. The molecule has 1 atom stereocenters. The van der Waals surface area contributed by atoms with Gasteiger partial charge in [-0.15, -0.1) is 0 Å². The van der Waals surface area contributed by atoms with E-state index in [9.17, 15) is 9.59 Å². The van der Waals surface area contributed by atoms with Crippen LogP contribution in [0.1, 0.15) is 73.7 Å². The van der Waals surface area contributed by atoms with Crippen LogP contribution >= 0.6 is 0 Å². The van der Waals surface area contributed by atoms with Crippen molar-refractivity contribution in [1.29, 1.82) is 0 Å². The van der Waals surface area contributed by atoms with Crippen LogP contribution in [0.2, 0.25) is 0 Å². The molecule has 1 aromatic heterocycles. The number of amides is 1.